The van der Waals surface area contributed by atoms with Crippen LogP contribution in [0, 0.1) is 40.5 Å². The molecule has 0 spiro atoms. The van der Waals surface area contributed by atoms with Gasteiger partial charge in [0.1, 0.15) is 0 Å². The molecule has 0 fully saturated rings. The van der Waals surface area contributed by atoms with Crippen LogP contribution >= 0.6 is 0 Å². The average molecular weight is 655 g/mol. The molecule has 0 aliphatic carbocycles. The Bertz CT molecular complexity index is 1150. The maximum atomic E-state index is 13.2. The summed E-state index contributed by atoms with van der Waals surface area (Å²) in [6, 6.07) is 4.57. The summed E-state index contributed by atoms with van der Waals surface area (Å²) in [6.07, 6.45) is 2.10. The third kappa shape index (κ3) is 8.39. The maximum absolute atomic E-state index is 13.2. The molecule has 0 aliphatic heterocycles. The Hall–Kier alpha value is -4.22. The molecule has 16 nitrogen and oxygen atoms in total. The normalized spacial score (nSPS) is 10.9. The van der Waals surface area contributed by atoms with Crippen molar-refractivity contribution in [2.75, 3.05) is 0 Å². The van der Waals surface area contributed by atoms with Crippen molar-refractivity contribution in [3.8, 4) is 0 Å². The summed E-state index contributed by atoms with van der Waals surface area (Å²) in [4.78, 5) is 67.7. The Kier molecular flexibility index (Phi) is 10.8. The summed E-state index contributed by atoms with van der Waals surface area (Å²) in [6.45, 7) is 3.65. The molecule has 208 valence electrons. The van der Waals surface area contributed by atoms with E-state index in [2.05, 4.69) is 0 Å². The zero-order chi connectivity index (χ0) is 29.3. The summed E-state index contributed by atoms with van der Waals surface area (Å²) < 4.78 is 11.8. The summed E-state index contributed by atoms with van der Waals surface area (Å²) in [7, 11) is 0. The number of carbonyl (C=O) groups excluding carboxylic acids is 2. The Morgan fingerprint density at radius 2 is 0.897 bits per heavy atom. The van der Waals surface area contributed by atoms with Crippen molar-refractivity contribution in [1.82, 2.24) is 0 Å². The molecule has 2 rings (SSSR count). The van der Waals surface area contributed by atoms with Crippen molar-refractivity contribution >= 4 is 53.9 Å². The van der Waals surface area contributed by atoms with Crippen LogP contribution in [0.5, 0.6) is 0 Å². The molecule has 2 aromatic carbocycles. The number of rotatable bonds is 14. The Morgan fingerprint density at radius 1 is 0.615 bits per heavy atom. The van der Waals surface area contributed by atoms with E-state index in [1.54, 1.807) is 0 Å². The van der Waals surface area contributed by atoms with Crippen LogP contribution in [0.2, 0.25) is 8.87 Å². The summed E-state index contributed by atoms with van der Waals surface area (Å²) in [5.74, 6) is -2.33. The van der Waals surface area contributed by atoms with Crippen LogP contribution in [0.3, 0.4) is 0 Å². The van der Waals surface area contributed by atoms with E-state index in [1.807, 2.05) is 13.8 Å². The van der Waals surface area contributed by atoms with Crippen LogP contribution in [0.4, 0.5) is 22.7 Å². The van der Waals surface area contributed by atoms with Crippen molar-refractivity contribution < 1.29 is 35.4 Å². The SMILES string of the molecule is CCC[CH2][Sn]([CH2]CCC)([O]C(=O)c1cc([N+](=O)[O-])cc([N+](=O)[O-])c1)[O]C(=O)c1cc([N+](=O)[O-])cc([N+](=O)[O-])c1. The summed E-state index contributed by atoms with van der Waals surface area (Å²) >= 11 is -4.86. The van der Waals surface area contributed by atoms with Gasteiger partial charge in [-0.25, -0.2) is 0 Å². The van der Waals surface area contributed by atoms with Crippen molar-refractivity contribution in [2.45, 2.75) is 48.4 Å². The van der Waals surface area contributed by atoms with Crippen LogP contribution in [0.1, 0.15) is 60.2 Å². The number of hydrogen-bond acceptors (Lipinski definition) is 12. The molecule has 0 saturated heterocycles. The molecule has 0 heterocycles. The van der Waals surface area contributed by atoms with Gasteiger partial charge in [-0.3, -0.25) is 0 Å². The number of nitrogens with zero attached hydrogens (tertiary/aromatic N) is 4. The average Bonchev–Trinajstić information content (AvgIpc) is 2.89. The van der Waals surface area contributed by atoms with Crippen LogP contribution < -0.4 is 0 Å². The number of unbranched alkanes of at least 4 members (excludes halogenated alkanes) is 2. The van der Waals surface area contributed by atoms with Crippen molar-refractivity contribution in [2.24, 2.45) is 0 Å². The molecular weight excluding hydrogens is 631 g/mol. The Morgan fingerprint density at radius 3 is 1.13 bits per heavy atom. The van der Waals surface area contributed by atoms with Gasteiger partial charge in [-0.05, 0) is 0 Å². The van der Waals surface area contributed by atoms with E-state index in [9.17, 15) is 50.0 Å². The number of nitro benzene ring substituents is 4. The van der Waals surface area contributed by atoms with E-state index in [0.717, 1.165) is 24.3 Å². The monoisotopic (exact) mass is 656 g/mol. The molecule has 0 aromatic heterocycles. The fourth-order valence-electron chi connectivity index (χ4n) is 3.55. The fraction of sp³-hybridized carbons (Fsp3) is 0.364. The summed E-state index contributed by atoms with van der Waals surface area (Å²) in [5, 5.41) is 45.0. The second-order valence-corrected chi connectivity index (χ2v) is 17.6. The third-order valence-corrected chi connectivity index (χ3v) is 15.0. The van der Waals surface area contributed by atoms with Crippen LogP contribution in [-0.4, -0.2) is 50.8 Å². The molecule has 0 N–H and O–H groups in total. The number of carbonyl (C=O) groups is 2. The molecule has 0 amide bonds. The van der Waals surface area contributed by atoms with Gasteiger partial charge in [0.15, 0.2) is 0 Å². The predicted octanol–water partition coefficient (Wildman–Crippen LogP) is 5.38. The first-order chi connectivity index (χ1) is 18.3. The molecule has 0 atom stereocenters. The number of benzene rings is 2. The second kappa shape index (κ2) is 13.5. The van der Waals surface area contributed by atoms with Crippen LogP contribution in [0.15, 0.2) is 36.4 Å². The van der Waals surface area contributed by atoms with E-state index in [4.69, 9.17) is 6.15 Å². The molecule has 0 unspecified atom stereocenters. The first-order valence-corrected chi connectivity index (χ1v) is 18.0. The van der Waals surface area contributed by atoms with Gasteiger partial charge in [0.25, 0.3) is 0 Å². The van der Waals surface area contributed by atoms with Crippen molar-refractivity contribution in [3.63, 3.8) is 0 Å². The van der Waals surface area contributed by atoms with E-state index in [0.29, 0.717) is 37.8 Å². The molecule has 2 aromatic rings. The van der Waals surface area contributed by atoms with Gasteiger partial charge in [0.2, 0.25) is 0 Å². The van der Waals surface area contributed by atoms with Crippen molar-refractivity contribution in [1.29, 1.82) is 0 Å². The second-order valence-electron chi connectivity index (χ2n) is 8.40. The minimum atomic E-state index is -4.86. The molecular formula is C22H24N4O12Sn. The van der Waals surface area contributed by atoms with Gasteiger partial charge in [-0.1, -0.05) is 0 Å². The molecule has 0 saturated carbocycles. The van der Waals surface area contributed by atoms with Gasteiger partial charge in [-0.2, -0.15) is 0 Å². The van der Waals surface area contributed by atoms with Gasteiger partial charge in [0, 0.05) is 0 Å². The molecule has 0 bridgehead atoms. The van der Waals surface area contributed by atoms with Gasteiger partial charge in [0.05, 0.1) is 0 Å². The first kappa shape index (κ1) is 31.0. The van der Waals surface area contributed by atoms with Crippen LogP contribution in [0.25, 0.3) is 0 Å². The Balaban J connectivity index is 2.56. The van der Waals surface area contributed by atoms with E-state index >= 15 is 0 Å². The van der Waals surface area contributed by atoms with E-state index in [-0.39, 0.29) is 8.87 Å². The molecule has 39 heavy (non-hydrogen) atoms. The summed E-state index contributed by atoms with van der Waals surface area (Å²) in [5.41, 5.74) is -3.88. The fourth-order valence-corrected chi connectivity index (χ4v) is 13.2. The number of non-ortho nitro benzene ring substituents is 4. The van der Waals surface area contributed by atoms with Gasteiger partial charge < -0.3 is 0 Å². The van der Waals surface area contributed by atoms with E-state index < -0.39 is 84.7 Å². The first-order valence-electron chi connectivity index (χ1n) is 11.7. The van der Waals surface area contributed by atoms with Gasteiger partial charge in [-0.15, -0.1) is 0 Å². The van der Waals surface area contributed by atoms with Crippen molar-refractivity contribution in [3.05, 3.63) is 88.0 Å². The number of nitro groups is 4. The quantitative estimate of drug-likeness (QED) is 0.142. The third-order valence-electron chi connectivity index (χ3n) is 5.50. The molecule has 0 aliphatic rings. The predicted molar refractivity (Wildman–Crippen MR) is 136 cm³/mol. The van der Waals surface area contributed by atoms with Crippen LogP contribution in [-0.2, 0) is 6.15 Å². The molecule has 17 heteroatoms. The standard InChI is InChI=1S/2C7H4N2O6.2C4H9.Sn/c2*10-7(11)4-1-5(8(12)13)3-6(2-4)9(14)15;2*1-3-4-2;/h2*1-3H,(H,10,11);2*1,3-4H2,2H3;/q;;;;+2/p-2. The van der Waals surface area contributed by atoms with Gasteiger partial charge >= 0.3 is 226 Å². The van der Waals surface area contributed by atoms with E-state index in [1.165, 1.54) is 0 Å². The zero-order valence-electron chi connectivity index (χ0n) is 20.9. The molecule has 0 radical (unpaired) electrons. The zero-order valence-corrected chi connectivity index (χ0v) is 23.7. The topological polar surface area (TPSA) is 225 Å². The minimum absolute atomic E-state index is 0.150. The number of hydrogen-bond donors (Lipinski definition) is 0. The Labute approximate surface area is 225 Å².